The molecule has 1 aromatic heterocycles. The van der Waals surface area contributed by atoms with Gasteiger partial charge in [-0.1, -0.05) is 83.9 Å². The molecule has 0 aliphatic heterocycles. The summed E-state index contributed by atoms with van der Waals surface area (Å²) in [6.07, 6.45) is 1.42. The van der Waals surface area contributed by atoms with E-state index in [-0.39, 0.29) is 18.2 Å². The standard InChI is InChI=1S/C38H31Cl2N3O5S2/c1-3-48-38(47)33-29(24-12-6-4-7-13-24)22-49-37(33)43-34(44)23(2)50-27-17-10-16-26(20-27)41-36(46)32(21-28-30(39)18-11-19-31(28)40)42-35(45)25-14-8-5-9-15-25/h4-23H,3H2,1-2H3,(H,41,46)(H,42,45)(H,43,44)/b32-21+. The van der Waals surface area contributed by atoms with Gasteiger partial charge in [-0.05, 0) is 68.0 Å². The van der Waals surface area contributed by atoms with E-state index in [1.54, 1.807) is 80.6 Å². The molecule has 3 N–H and O–H groups in total. The number of halogens is 2. The van der Waals surface area contributed by atoms with Crippen LogP contribution in [0.4, 0.5) is 10.7 Å². The predicted molar refractivity (Wildman–Crippen MR) is 203 cm³/mol. The molecule has 3 amide bonds. The molecule has 0 bridgehead atoms. The molecule has 0 aliphatic rings. The lowest BCUT2D eigenvalue weighted by Crippen LogP contribution is -2.30. The third kappa shape index (κ3) is 9.22. The van der Waals surface area contributed by atoms with Gasteiger partial charge in [0.25, 0.3) is 11.8 Å². The third-order valence-corrected chi connectivity index (χ3v) is 9.83. The lowest BCUT2D eigenvalue weighted by molar-refractivity contribution is -0.115. The van der Waals surface area contributed by atoms with Crippen LogP contribution in [0.1, 0.15) is 40.1 Å². The molecule has 4 aromatic carbocycles. The molecular weight excluding hydrogens is 713 g/mol. The van der Waals surface area contributed by atoms with Crippen LogP contribution in [0, 0.1) is 0 Å². The quantitative estimate of drug-likeness (QED) is 0.0667. The smallest absolute Gasteiger partial charge is 0.341 e. The molecule has 50 heavy (non-hydrogen) atoms. The molecule has 12 heteroatoms. The Morgan fingerprint density at radius 3 is 2.20 bits per heavy atom. The van der Waals surface area contributed by atoms with Gasteiger partial charge in [-0.2, -0.15) is 0 Å². The highest BCUT2D eigenvalue weighted by atomic mass is 35.5. The number of benzene rings is 4. The Bertz CT molecular complexity index is 2030. The summed E-state index contributed by atoms with van der Waals surface area (Å²) < 4.78 is 5.31. The lowest BCUT2D eigenvalue weighted by Gasteiger charge is -2.15. The lowest BCUT2D eigenvalue weighted by atomic mass is 10.0. The molecule has 0 spiro atoms. The van der Waals surface area contributed by atoms with Crippen LogP contribution in [0.25, 0.3) is 17.2 Å². The average molecular weight is 745 g/mol. The van der Waals surface area contributed by atoms with Gasteiger partial charge in [0, 0.05) is 42.7 Å². The van der Waals surface area contributed by atoms with Gasteiger partial charge in [0.2, 0.25) is 5.91 Å². The van der Waals surface area contributed by atoms with Gasteiger partial charge in [0.05, 0.1) is 11.9 Å². The summed E-state index contributed by atoms with van der Waals surface area (Å²) in [6, 6.07) is 29.8. The van der Waals surface area contributed by atoms with E-state index in [9.17, 15) is 19.2 Å². The number of esters is 1. The van der Waals surface area contributed by atoms with E-state index in [4.69, 9.17) is 27.9 Å². The molecule has 0 aliphatic carbocycles. The number of carbonyl (C=O) groups is 4. The van der Waals surface area contributed by atoms with Gasteiger partial charge in [-0.3, -0.25) is 14.4 Å². The maximum absolute atomic E-state index is 13.6. The van der Waals surface area contributed by atoms with Crippen molar-refractivity contribution in [2.75, 3.05) is 17.2 Å². The number of hydrogen-bond donors (Lipinski definition) is 3. The summed E-state index contributed by atoms with van der Waals surface area (Å²) in [5.41, 5.74) is 2.89. The van der Waals surface area contributed by atoms with E-state index in [1.165, 1.54) is 29.2 Å². The fourth-order valence-corrected chi connectivity index (χ4v) is 7.13. The summed E-state index contributed by atoms with van der Waals surface area (Å²) in [5, 5.41) is 10.6. The topological polar surface area (TPSA) is 114 Å². The van der Waals surface area contributed by atoms with Gasteiger partial charge < -0.3 is 20.7 Å². The molecule has 0 saturated heterocycles. The minimum Gasteiger partial charge on any atom is -0.462 e. The average Bonchev–Trinajstić information content (AvgIpc) is 3.53. The summed E-state index contributed by atoms with van der Waals surface area (Å²) in [6.45, 7) is 3.67. The van der Waals surface area contributed by atoms with Crippen LogP contribution in [0.15, 0.2) is 119 Å². The third-order valence-electron chi connectivity index (χ3n) is 7.18. The van der Waals surface area contributed by atoms with Crippen LogP contribution in [0.5, 0.6) is 0 Å². The molecule has 1 unspecified atom stereocenters. The molecule has 254 valence electrons. The van der Waals surface area contributed by atoms with E-state index in [1.807, 2.05) is 41.8 Å². The van der Waals surface area contributed by atoms with Crippen molar-refractivity contribution in [3.63, 3.8) is 0 Å². The normalized spacial score (nSPS) is 11.7. The second-order valence-corrected chi connectivity index (χ2v) is 13.8. The van der Waals surface area contributed by atoms with Crippen LogP contribution in [0.3, 0.4) is 0 Å². The minimum absolute atomic E-state index is 0.0807. The summed E-state index contributed by atoms with van der Waals surface area (Å²) in [5.74, 6) is -1.94. The van der Waals surface area contributed by atoms with Crippen LogP contribution in [-0.4, -0.2) is 35.5 Å². The number of hydrogen-bond acceptors (Lipinski definition) is 7. The number of amides is 3. The Labute approximate surface area is 307 Å². The first kappa shape index (κ1) is 36.4. The van der Waals surface area contributed by atoms with Crippen molar-refractivity contribution in [1.82, 2.24) is 5.32 Å². The van der Waals surface area contributed by atoms with Gasteiger partial charge in [-0.15, -0.1) is 23.1 Å². The first-order valence-electron chi connectivity index (χ1n) is 15.4. The maximum Gasteiger partial charge on any atom is 0.341 e. The van der Waals surface area contributed by atoms with Gasteiger partial charge >= 0.3 is 5.97 Å². The molecule has 0 fully saturated rings. The van der Waals surface area contributed by atoms with E-state index in [0.717, 1.165) is 5.56 Å². The van der Waals surface area contributed by atoms with Crippen molar-refractivity contribution in [2.45, 2.75) is 24.0 Å². The fraction of sp³-hybridized carbons (Fsp3) is 0.105. The highest BCUT2D eigenvalue weighted by Gasteiger charge is 2.25. The number of thiophene rings is 1. The highest BCUT2D eigenvalue weighted by molar-refractivity contribution is 8.00. The maximum atomic E-state index is 13.6. The zero-order valence-corrected chi connectivity index (χ0v) is 30.0. The van der Waals surface area contributed by atoms with Crippen molar-refractivity contribution in [3.8, 4) is 11.1 Å². The first-order valence-corrected chi connectivity index (χ1v) is 17.9. The number of anilines is 2. The van der Waals surface area contributed by atoms with Crippen LogP contribution in [0.2, 0.25) is 10.0 Å². The van der Waals surface area contributed by atoms with E-state index < -0.39 is 23.0 Å². The van der Waals surface area contributed by atoms with Crippen molar-refractivity contribution < 1.29 is 23.9 Å². The number of thioether (sulfide) groups is 1. The number of nitrogens with one attached hydrogen (secondary N) is 3. The molecule has 5 rings (SSSR count). The predicted octanol–water partition coefficient (Wildman–Crippen LogP) is 9.43. The Kier molecular flexibility index (Phi) is 12.5. The Balaban J connectivity index is 1.32. The summed E-state index contributed by atoms with van der Waals surface area (Å²) in [7, 11) is 0. The molecule has 0 radical (unpaired) electrons. The zero-order chi connectivity index (χ0) is 35.6. The van der Waals surface area contributed by atoms with Crippen LogP contribution in [-0.2, 0) is 14.3 Å². The van der Waals surface area contributed by atoms with E-state index >= 15 is 0 Å². The summed E-state index contributed by atoms with van der Waals surface area (Å²) in [4.78, 5) is 53.7. The number of rotatable bonds is 12. The van der Waals surface area contributed by atoms with Crippen LogP contribution >= 0.6 is 46.3 Å². The van der Waals surface area contributed by atoms with Crippen molar-refractivity contribution in [1.29, 1.82) is 0 Å². The Morgan fingerprint density at radius 1 is 0.860 bits per heavy atom. The second kappa shape index (κ2) is 17.2. The van der Waals surface area contributed by atoms with Crippen molar-refractivity contribution in [3.05, 3.63) is 141 Å². The molecular formula is C38H31Cl2N3O5S2. The van der Waals surface area contributed by atoms with Gasteiger partial charge in [0.15, 0.2) is 0 Å². The SMILES string of the molecule is CCOC(=O)c1c(-c2ccccc2)csc1NC(=O)C(C)Sc1cccc(NC(=O)/C(=C\c2c(Cl)cccc2Cl)NC(=O)c2ccccc2)c1. The zero-order valence-electron chi connectivity index (χ0n) is 26.9. The molecule has 1 atom stereocenters. The van der Waals surface area contributed by atoms with Crippen LogP contribution < -0.4 is 16.0 Å². The largest absolute Gasteiger partial charge is 0.462 e. The first-order chi connectivity index (χ1) is 24.1. The Hall–Kier alpha value is -4.87. The monoisotopic (exact) mass is 743 g/mol. The van der Waals surface area contributed by atoms with Gasteiger partial charge in [-0.25, -0.2) is 4.79 Å². The van der Waals surface area contributed by atoms with Crippen molar-refractivity contribution in [2.24, 2.45) is 0 Å². The minimum atomic E-state index is -0.614. The van der Waals surface area contributed by atoms with E-state index in [2.05, 4.69) is 16.0 Å². The molecule has 0 saturated carbocycles. The summed E-state index contributed by atoms with van der Waals surface area (Å²) >= 11 is 15.3. The Morgan fingerprint density at radius 2 is 1.52 bits per heavy atom. The van der Waals surface area contributed by atoms with Gasteiger partial charge in [0.1, 0.15) is 16.3 Å². The van der Waals surface area contributed by atoms with E-state index in [0.29, 0.717) is 47.9 Å². The second-order valence-electron chi connectivity index (χ2n) is 10.7. The fourth-order valence-electron chi connectivity index (χ4n) is 4.74. The highest BCUT2D eigenvalue weighted by Crippen LogP contribution is 2.37. The van der Waals surface area contributed by atoms with Crippen molar-refractivity contribution >= 4 is 86.8 Å². The molecule has 8 nitrogen and oxygen atoms in total. The number of ether oxygens (including phenoxy) is 1. The number of carbonyl (C=O) groups excluding carboxylic acids is 4. The molecule has 1 heterocycles. The molecule has 5 aromatic rings.